The van der Waals surface area contributed by atoms with E-state index in [2.05, 4.69) is 49.2 Å². The SMILES string of the molecule is Cc1ccsc1C(C(C)N)N1CCCC1CN(C)C. The molecule has 0 saturated carbocycles. The first kappa shape index (κ1) is 15.0. The van der Waals surface area contributed by atoms with Crippen molar-refractivity contribution in [1.29, 1.82) is 0 Å². The van der Waals surface area contributed by atoms with Gasteiger partial charge in [0.1, 0.15) is 0 Å². The van der Waals surface area contributed by atoms with Crippen LogP contribution in [-0.4, -0.2) is 49.1 Å². The molecule has 2 N–H and O–H groups in total. The molecule has 3 atom stereocenters. The lowest BCUT2D eigenvalue weighted by molar-refractivity contribution is 0.139. The van der Waals surface area contributed by atoms with Crippen LogP contribution in [0, 0.1) is 6.92 Å². The molecule has 0 amide bonds. The second-order valence-electron chi connectivity index (χ2n) is 6.07. The molecule has 3 nitrogen and oxygen atoms in total. The number of aryl methyl sites for hydroxylation is 1. The first-order chi connectivity index (χ1) is 9.00. The molecule has 0 bridgehead atoms. The molecule has 0 spiro atoms. The average Bonchev–Trinajstić information content (AvgIpc) is 2.90. The normalized spacial score (nSPS) is 24.0. The number of thiophene rings is 1. The Morgan fingerprint density at radius 3 is 2.79 bits per heavy atom. The van der Waals surface area contributed by atoms with E-state index in [4.69, 9.17) is 5.73 Å². The largest absolute Gasteiger partial charge is 0.326 e. The zero-order chi connectivity index (χ0) is 14.0. The highest BCUT2D eigenvalue weighted by molar-refractivity contribution is 7.10. The molecule has 3 unspecified atom stereocenters. The first-order valence-corrected chi connectivity index (χ1v) is 8.08. The molecule has 1 aromatic heterocycles. The molecule has 4 heteroatoms. The van der Waals surface area contributed by atoms with Crippen LogP contribution in [-0.2, 0) is 0 Å². The van der Waals surface area contributed by atoms with Crippen molar-refractivity contribution in [3.63, 3.8) is 0 Å². The predicted molar refractivity (Wildman–Crippen MR) is 83.7 cm³/mol. The smallest absolute Gasteiger partial charge is 0.0596 e. The monoisotopic (exact) mass is 281 g/mol. The summed E-state index contributed by atoms with van der Waals surface area (Å²) >= 11 is 1.86. The van der Waals surface area contributed by atoms with Gasteiger partial charge in [-0.25, -0.2) is 0 Å². The quantitative estimate of drug-likeness (QED) is 0.900. The lowest BCUT2D eigenvalue weighted by Gasteiger charge is -2.36. The molecule has 0 aliphatic carbocycles. The van der Waals surface area contributed by atoms with Gasteiger partial charge in [0.15, 0.2) is 0 Å². The molecule has 108 valence electrons. The molecule has 1 fully saturated rings. The Morgan fingerprint density at radius 1 is 1.53 bits per heavy atom. The van der Waals surface area contributed by atoms with Gasteiger partial charge in [-0.3, -0.25) is 4.90 Å². The fraction of sp³-hybridized carbons (Fsp3) is 0.733. The zero-order valence-corrected chi connectivity index (χ0v) is 13.4. The van der Waals surface area contributed by atoms with E-state index >= 15 is 0 Å². The molecule has 1 saturated heterocycles. The summed E-state index contributed by atoms with van der Waals surface area (Å²) in [5.74, 6) is 0. The Balaban J connectivity index is 2.22. The van der Waals surface area contributed by atoms with Crippen LogP contribution in [0.15, 0.2) is 11.4 Å². The molecule has 0 aromatic carbocycles. The minimum atomic E-state index is 0.181. The van der Waals surface area contributed by atoms with E-state index < -0.39 is 0 Å². The van der Waals surface area contributed by atoms with Gasteiger partial charge < -0.3 is 10.6 Å². The maximum absolute atomic E-state index is 6.32. The molecule has 19 heavy (non-hydrogen) atoms. The second kappa shape index (κ2) is 6.35. The van der Waals surface area contributed by atoms with Crippen molar-refractivity contribution in [2.75, 3.05) is 27.2 Å². The summed E-state index contributed by atoms with van der Waals surface area (Å²) in [6.07, 6.45) is 2.60. The Labute approximate surface area is 121 Å². The van der Waals surface area contributed by atoms with Crippen LogP contribution < -0.4 is 5.73 Å². The minimum Gasteiger partial charge on any atom is -0.326 e. The molecular weight excluding hydrogens is 254 g/mol. The minimum absolute atomic E-state index is 0.181. The topological polar surface area (TPSA) is 32.5 Å². The van der Waals surface area contributed by atoms with Gasteiger partial charge in [0.25, 0.3) is 0 Å². The Morgan fingerprint density at radius 2 is 2.26 bits per heavy atom. The van der Waals surface area contributed by atoms with Gasteiger partial charge in [-0.2, -0.15) is 0 Å². The number of nitrogens with two attached hydrogens (primary N) is 1. The van der Waals surface area contributed by atoms with Crippen LogP contribution >= 0.6 is 11.3 Å². The summed E-state index contributed by atoms with van der Waals surface area (Å²) in [5, 5.41) is 2.19. The molecule has 1 aromatic rings. The lowest BCUT2D eigenvalue weighted by Crippen LogP contribution is -2.45. The van der Waals surface area contributed by atoms with Crippen LogP contribution in [0.5, 0.6) is 0 Å². The van der Waals surface area contributed by atoms with Crippen LogP contribution in [0.4, 0.5) is 0 Å². The fourth-order valence-corrected chi connectivity index (χ4v) is 4.38. The van der Waals surface area contributed by atoms with E-state index in [0.717, 1.165) is 6.54 Å². The summed E-state index contributed by atoms with van der Waals surface area (Å²) in [6, 6.07) is 3.42. The summed E-state index contributed by atoms with van der Waals surface area (Å²) in [7, 11) is 4.32. The molecule has 1 aliphatic rings. The van der Waals surface area contributed by atoms with E-state index in [9.17, 15) is 0 Å². The summed E-state index contributed by atoms with van der Waals surface area (Å²) in [6.45, 7) is 6.67. The number of nitrogens with zero attached hydrogens (tertiary/aromatic N) is 2. The third kappa shape index (κ3) is 3.37. The highest BCUT2D eigenvalue weighted by atomic mass is 32.1. The summed E-state index contributed by atoms with van der Waals surface area (Å²) < 4.78 is 0. The molecule has 1 aliphatic heterocycles. The van der Waals surface area contributed by atoms with Gasteiger partial charge in [0.2, 0.25) is 0 Å². The van der Waals surface area contributed by atoms with Crippen LogP contribution in [0.1, 0.15) is 36.2 Å². The van der Waals surface area contributed by atoms with Crippen molar-refractivity contribution in [2.24, 2.45) is 5.73 Å². The van der Waals surface area contributed by atoms with Crippen molar-refractivity contribution in [3.05, 3.63) is 21.9 Å². The van der Waals surface area contributed by atoms with Gasteiger partial charge in [0.05, 0.1) is 6.04 Å². The number of hydrogen-bond acceptors (Lipinski definition) is 4. The summed E-state index contributed by atoms with van der Waals surface area (Å²) in [5.41, 5.74) is 7.71. The van der Waals surface area contributed by atoms with Gasteiger partial charge in [-0.05, 0) is 64.3 Å². The van der Waals surface area contributed by atoms with E-state index in [0.29, 0.717) is 12.1 Å². The predicted octanol–water partition coefficient (Wildman–Crippen LogP) is 2.47. The Bertz CT molecular complexity index is 400. The van der Waals surface area contributed by atoms with Gasteiger partial charge >= 0.3 is 0 Å². The maximum atomic E-state index is 6.32. The number of likely N-dealkylation sites (tertiary alicyclic amines) is 1. The third-order valence-electron chi connectivity index (χ3n) is 4.02. The second-order valence-corrected chi connectivity index (χ2v) is 7.02. The molecular formula is C15H27N3S. The van der Waals surface area contributed by atoms with Crippen molar-refractivity contribution in [3.8, 4) is 0 Å². The van der Waals surface area contributed by atoms with E-state index in [-0.39, 0.29) is 6.04 Å². The number of rotatable bonds is 5. The van der Waals surface area contributed by atoms with E-state index in [1.165, 1.54) is 29.8 Å². The highest BCUT2D eigenvalue weighted by Gasteiger charge is 2.34. The number of likely N-dealkylation sites (N-methyl/N-ethyl adjacent to an activating group) is 1. The third-order valence-corrected chi connectivity index (χ3v) is 5.11. The Hall–Kier alpha value is -0.420. The van der Waals surface area contributed by atoms with Crippen molar-refractivity contribution >= 4 is 11.3 Å². The fourth-order valence-electron chi connectivity index (χ4n) is 3.22. The van der Waals surface area contributed by atoms with Crippen molar-refractivity contribution < 1.29 is 0 Å². The van der Waals surface area contributed by atoms with E-state index in [1.807, 2.05) is 11.3 Å². The number of hydrogen-bond donors (Lipinski definition) is 1. The zero-order valence-electron chi connectivity index (χ0n) is 12.6. The summed E-state index contributed by atoms with van der Waals surface area (Å²) in [4.78, 5) is 6.40. The molecule has 2 rings (SSSR count). The maximum Gasteiger partial charge on any atom is 0.0596 e. The standard InChI is InChI=1S/C15H27N3S/c1-11-7-9-19-15(11)14(12(2)16)18-8-5-6-13(18)10-17(3)4/h7,9,12-14H,5-6,8,10,16H2,1-4H3. The molecule has 0 radical (unpaired) electrons. The van der Waals surface area contributed by atoms with Crippen LogP contribution in [0.25, 0.3) is 0 Å². The first-order valence-electron chi connectivity index (χ1n) is 7.20. The Kier molecular flexibility index (Phi) is 5.01. The van der Waals surface area contributed by atoms with Crippen molar-refractivity contribution in [1.82, 2.24) is 9.80 Å². The van der Waals surface area contributed by atoms with Gasteiger partial charge in [-0.1, -0.05) is 0 Å². The molecule has 2 heterocycles. The van der Waals surface area contributed by atoms with Gasteiger partial charge in [-0.15, -0.1) is 11.3 Å². The highest BCUT2D eigenvalue weighted by Crippen LogP contribution is 2.35. The van der Waals surface area contributed by atoms with Crippen molar-refractivity contribution in [2.45, 2.75) is 44.8 Å². The van der Waals surface area contributed by atoms with Gasteiger partial charge in [0, 0.05) is 23.5 Å². The van der Waals surface area contributed by atoms with E-state index in [1.54, 1.807) is 0 Å². The van der Waals surface area contributed by atoms with Crippen LogP contribution in [0.3, 0.4) is 0 Å². The lowest BCUT2D eigenvalue weighted by atomic mass is 10.0. The average molecular weight is 281 g/mol. The van der Waals surface area contributed by atoms with Crippen LogP contribution in [0.2, 0.25) is 0 Å².